The largest absolute Gasteiger partial charge is 0.327 e. The third-order valence-corrected chi connectivity index (χ3v) is 7.86. The van der Waals surface area contributed by atoms with E-state index in [0.717, 1.165) is 49.2 Å². The van der Waals surface area contributed by atoms with E-state index in [-0.39, 0.29) is 4.90 Å². The Morgan fingerprint density at radius 3 is 2.63 bits per heavy atom. The standard InChI is InChI=1S/C23H30N4O2S/c1-5-14-27-22-13-11-18(30(28,29)25(2)3)15-20(22)24-23(27)16-26(4)21-12-10-17-8-6-7-9-19(17)21/h6-9,11,13,15,21H,5,10,12,14,16H2,1-4H3/t21-/m0/s1. The molecule has 0 aliphatic heterocycles. The summed E-state index contributed by atoms with van der Waals surface area (Å²) >= 11 is 0. The summed E-state index contributed by atoms with van der Waals surface area (Å²) in [6, 6.07) is 14.4. The number of hydrogen-bond acceptors (Lipinski definition) is 4. The van der Waals surface area contributed by atoms with Crippen molar-refractivity contribution < 1.29 is 8.42 Å². The first kappa shape index (κ1) is 21.0. The van der Waals surface area contributed by atoms with Crippen LogP contribution in [0.1, 0.15) is 42.8 Å². The summed E-state index contributed by atoms with van der Waals surface area (Å²) in [6.07, 6.45) is 3.23. The van der Waals surface area contributed by atoms with Crippen molar-refractivity contribution >= 4 is 21.1 Å². The maximum absolute atomic E-state index is 12.5. The van der Waals surface area contributed by atoms with Crippen LogP contribution in [0.2, 0.25) is 0 Å². The third-order valence-electron chi connectivity index (χ3n) is 6.05. The molecule has 2 aromatic carbocycles. The Kier molecular flexibility index (Phi) is 5.70. The zero-order valence-corrected chi connectivity index (χ0v) is 19.0. The maximum atomic E-state index is 12.5. The van der Waals surface area contributed by atoms with Crippen LogP contribution in [0.15, 0.2) is 47.4 Å². The Balaban J connectivity index is 1.69. The van der Waals surface area contributed by atoms with E-state index in [2.05, 4.69) is 47.7 Å². The summed E-state index contributed by atoms with van der Waals surface area (Å²) < 4.78 is 28.6. The van der Waals surface area contributed by atoms with Gasteiger partial charge in [-0.05, 0) is 55.6 Å². The molecule has 0 saturated heterocycles. The second-order valence-electron chi connectivity index (χ2n) is 8.29. The van der Waals surface area contributed by atoms with Crippen LogP contribution >= 0.6 is 0 Å². The summed E-state index contributed by atoms with van der Waals surface area (Å²) in [6.45, 7) is 3.74. The molecule has 0 saturated carbocycles. The Bertz CT molecular complexity index is 1170. The number of sulfonamides is 1. The van der Waals surface area contributed by atoms with Crippen LogP contribution in [0.4, 0.5) is 0 Å². The summed E-state index contributed by atoms with van der Waals surface area (Å²) in [7, 11) is 1.78. The zero-order chi connectivity index (χ0) is 21.5. The minimum Gasteiger partial charge on any atom is -0.327 e. The molecule has 0 spiro atoms. The highest BCUT2D eigenvalue weighted by molar-refractivity contribution is 7.89. The number of benzene rings is 2. The van der Waals surface area contributed by atoms with Gasteiger partial charge in [-0.1, -0.05) is 31.2 Å². The van der Waals surface area contributed by atoms with E-state index in [0.29, 0.717) is 6.04 Å². The van der Waals surface area contributed by atoms with E-state index in [4.69, 9.17) is 4.98 Å². The monoisotopic (exact) mass is 426 g/mol. The number of imidazole rings is 1. The van der Waals surface area contributed by atoms with Gasteiger partial charge in [0.15, 0.2) is 0 Å². The fourth-order valence-electron chi connectivity index (χ4n) is 4.45. The number of aromatic nitrogens is 2. The summed E-state index contributed by atoms with van der Waals surface area (Å²) in [5, 5.41) is 0. The van der Waals surface area contributed by atoms with Crippen molar-refractivity contribution in [1.29, 1.82) is 0 Å². The van der Waals surface area contributed by atoms with Crippen LogP contribution < -0.4 is 0 Å². The van der Waals surface area contributed by atoms with Gasteiger partial charge in [-0.2, -0.15) is 0 Å². The van der Waals surface area contributed by atoms with Gasteiger partial charge in [0, 0.05) is 26.7 Å². The Hall–Kier alpha value is -2.22. The summed E-state index contributed by atoms with van der Waals surface area (Å²) in [5.41, 5.74) is 4.58. The van der Waals surface area contributed by atoms with Gasteiger partial charge in [-0.15, -0.1) is 0 Å². The molecule has 0 radical (unpaired) electrons. The van der Waals surface area contributed by atoms with Gasteiger partial charge >= 0.3 is 0 Å². The van der Waals surface area contributed by atoms with Crippen LogP contribution in [0.25, 0.3) is 11.0 Å². The van der Waals surface area contributed by atoms with Crippen molar-refractivity contribution in [2.45, 2.75) is 50.2 Å². The Labute approximate surface area is 179 Å². The molecule has 3 aromatic rings. The molecule has 0 N–H and O–H groups in total. The predicted molar refractivity (Wildman–Crippen MR) is 120 cm³/mol. The smallest absolute Gasteiger partial charge is 0.242 e. The SMILES string of the molecule is CCCn1c(CN(C)[C@H]2CCc3ccccc32)nc2cc(S(=O)(=O)N(C)C)ccc21. The molecule has 1 heterocycles. The van der Waals surface area contributed by atoms with Crippen LogP contribution in [-0.2, 0) is 29.5 Å². The third kappa shape index (κ3) is 3.66. The van der Waals surface area contributed by atoms with Gasteiger partial charge in [0.05, 0.1) is 22.5 Å². The summed E-state index contributed by atoms with van der Waals surface area (Å²) in [4.78, 5) is 7.53. The van der Waals surface area contributed by atoms with Crippen molar-refractivity contribution in [1.82, 2.24) is 18.8 Å². The molecule has 0 amide bonds. The second kappa shape index (κ2) is 8.13. The van der Waals surface area contributed by atoms with E-state index in [1.54, 1.807) is 26.2 Å². The normalized spacial score (nSPS) is 16.7. The van der Waals surface area contributed by atoms with Crippen LogP contribution in [-0.4, -0.2) is 48.3 Å². The van der Waals surface area contributed by atoms with E-state index < -0.39 is 10.0 Å². The minimum absolute atomic E-state index is 0.283. The molecule has 1 atom stereocenters. The van der Waals surface area contributed by atoms with Crippen molar-refractivity contribution in [2.75, 3.05) is 21.1 Å². The highest BCUT2D eigenvalue weighted by atomic mass is 32.2. The molecule has 0 unspecified atom stereocenters. The molecule has 1 aromatic heterocycles. The molecular weight excluding hydrogens is 396 g/mol. The van der Waals surface area contributed by atoms with Crippen LogP contribution in [0.3, 0.4) is 0 Å². The topological polar surface area (TPSA) is 58.4 Å². The van der Waals surface area contributed by atoms with Gasteiger partial charge < -0.3 is 4.57 Å². The Morgan fingerprint density at radius 1 is 1.13 bits per heavy atom. The van der Waals surface area contributed by atoms with E-state index >= 15 is 0 Å². The lowest BCUT2D eigenvalue weighted by Crippen LogP contribution is -2.24. The molecule has 4 rings (SSSR count). The van der Waals surface area contributed by atoms with E-state index in [1.165, 1.54) is 15.4 Å². The van der Waals surface area contributed by atoms with Crippen LogP contribution in [0, 0.1) is 0 Å². The highest BCUT2D eigenvalue weighted by Gasteiger charge is 2.27. The van der Waals surface area contributed by atoms with Gasteiger partial charge in [0.2, 0.25) is 10.0 Å². The Morgan fingerprint density at radius 2 is 1.90 bits per heavy atom. The molecular formula is C23H30N4O2S. The van der Waals surface area contributed by atoms with Gasteiger partial charge in [-0.3, -0.25) is 4.90 Å². The van der Waals surface area contributed by atoms with E-state index in [1.807, 2.05) is 6.07 Å². The second-order valence-corrected chi connectivity index (χ2v) is 10.4. The minimum atomic E-state index is -3.48. The van der Waals surface area contributed by atoms with Crippen molar-refractivity contribution in [3.8, 4) is 0 Å². The van der Waals surface area contributed by atoms with Crippen molar-refractivity contribution in [3.05, 3.63) is 59.4 Å². The lowest BCUT2D eigenvalue weighted by molar-refractivity contribution is 0.227. The average molecular weight is 427 g/mol. The number of hydrogen-bond donors (Lipinski definition) is 0. The fraction of sp³-hybridized carbons (Fsp3) is 0.435. The molecule has 160 valence electrons. The van der Waals surface area contributed by atoms with Crippen molar-refractivity contribution in [3.63, 3.8) is 0 Å². The van der Waals surface area contributed by atoms with Crippen molar-refractivity contribution in [2.24, 2.45) is 0 Å². The van der Waals surface area contributed by atoms with Crippen LogP contribution in [0.5, 0.6) is 0 Å². The first-order chi connectivity index (χ1) is 14.3. The highest BCUT2D eigenvalue weighted by Crippen LogP contribution is 2.35. The van der Waals surface area contributed by atoms with Gasteiger partial charge in [-0.25, -0.2) is 17.7 Å². The van der Waals surface area contributed by atoms with Gasteiger partial charge in [0.1, 0.15) is 5.82 Å². The number of aryl methyl sites for hydroxylation is 2. The fourth-order valence-corrected chi connectivity index (χ4v) is 5.37. The molecule has 0 fully saturated rings. The van der Waals surface area contributed by atoms with Gasteiger partial charge in [0.25, 0.3) is 0 Å². The van der Waals surface area contributed by atoms with E-state index in [9.17, 15) is 8.42 Å². The first-order valence-corrected chi connectivity index (χ1v) is 12.0. The number of rotatable bonds is 7. The first-order valence-electron chi connectivity index (χ1n) is 10.5. The zero-order valence-electron chi connectivity index (χ0n) is 18.2. The summed E-state index contributed by atoms with van der Waals surface area (Å²) in [5.74, 6) is 0.984. The lowest BCUT2D eigenvalue weighted by atomic mass is 10.1. The molecule has 1 aliphatic carbocycles. The molecule has 7 heteroatoms. The molecule has 1 aliphatic rings. The number of fused-ring (bicyclic) bond motifs is 2. The lowest BCUT2D eigenvalue weighted by Gasteiger charge is -2.25. The molecule has 6 nitrogen and oxygen atoms in total. The molecule has 30 heavy (non-hydrogen) atoms. The predicted octanol–water partition coefficient (Wildman–Crippen LogP) is 3.82. The molecule has 0 bridgehead atoms. The maximum Gasteiger partial charge on any atom is 0.242 e. The number of nitrogens with zero attached hydrogens (tertiary/aromatic N) is 4. The average Bonchev–Trinajstić information content (AvgIpc) is 3.29. The quantitative estimate of drug-likeness (QED) is 0.576.